The van der Waals surface area contributed by atoms with Crippen molar-refractivity contribution >= 4 is 32.7 Å². The highest BCUT2D eigenvalue weighted by Gasteiger charge is 2.52. The number of aromatic nitrogens is 2. The molecule has 51 heavy (non-hydrogen) atoms. The van der Waals surface area contributed by atoms with Gasteiger partial charge >= 0.3 is 0 Å². The summed E-state index contributed by atoms with van der Waals surface area (Å²) in [6.45, 7) is 4.81. The molecule has 1 aliphatic carbocycles. The minimum absolute atomic E-state index is 0.214. The maximum atomic E-state index is 4.72. The number of para-hydroxylation sites is 4. The minimum Gasteiger partial charge on any atom is -0.309 e. The van der Waals surface area contributed by atoms with E-state index in [4.69, 9.17) is 4.98 Å². The van der Waals surface area contributed by atoms with Gasteiger partial charge in [0.05, 0.1) is 27.7 Å². The van der Waals surface area contributed by atoms with Gasteiger partial charge in [-0.2, -0.15) is 0 Å². The second-order valence-corrected chi connectivity index (χ2v) is 14.7. The molecule has 1 atom stereocenters. The first kappa shape index (κ1) is 28.6. The van der Waals surface area contributed by atoms with Crippen molar-refractivity contribution in [2.45, 2.75) is 24.7 Å². The number of hydrogen-bond donors (Lipinski definition) is 0. The lowest BCUT2D eigenvalue weighted by molar-refractivity contribution is 0.556. The summed E-state index contributed by atoms with van der Waals surface area (Å²) in [4.78, 5) is 4.72. The number of benzene rings is 7. The van der Waals surface area contributed by atoms with Crippen LogP contribution in [0.2, 0.25) is 0 Å². The number of pyridine rings is 1. The van der Waals surface area contributed by atoms with Crippen LogP contribution in [0.4, 0.5) is 0 Å². The Labute approximate surface area is 297 Å². The number of hydrogen-bond acceptors (Lipinski definition) is 1. The molecular formula is C49H34N2. The largest absolute Gasteiger partial charge is 0.309 e. The predicted molar refractivity (Wildman–Crippen MR) is 211 cm³/mol. The Balaban J connectivity index is 1.18. The summed E-state index contributed by atoms with van der Waals surface area (Å²) in [7, 11) is 0. The molecule has 2 aliphatic rings. The highest BCUT2D eigenvalue weighted by atomic mass is 15.0. The van der Waals surface area contributed by atoms with Gasteiger partial charge < -0.3 is 4.57 Å². The van der Waals surface area contributed by atoms with Gasteiger partial charge in [-0.15, -0.1) is 0 Å². The van der Waals surface area contributed by atoms with Crippen LogP contribution >= 0.6 is 0 Å². The second-order valence-electron chi connectivity index (χ2n) is 14.7. The van der Waals surface area contributed by atoms with Crippen LogP contribution in [-0.4, -0.2) is 9.55 Å². The van der Waals surface area contributed by atoms with Crippen molar-refractivity contribution in [1.82, 2.24) is 9.55 Å². The molecule has 1 spiro atoms. The van der Waals surface area contributed by atoms with E-state index < -0.39 is 5.41 Å². The molecule has 11 rings (SSSR count). The second kappa shape index (κ2) is 10.2. The Morgan fingerprint density at radius 1 is 0.471 bits per heavy atom. The Kier molecular flexibility index (Phi) is 5.69. The van der Waals surface area contributed by atoms with E-state index in [9.17, 15) is 0 Å². The van der Waals surface area contributed by atoms with Crippen LogP contribution in [0.3, 0.4) is 0 Å². The van der Waals surface area contributed by atoms with E-state index in [1.165, 1.54) is 77.6 Å². The lowest BCUT2D eigenvalue weighted by Crippen LogP contribution is -2.44. The van der Waals surface area contributed by atoms with Crippen molar-refractivity contribution in [3.63, 3.8) is 0 Å². The van der Waals surface area contributed by atoms with Gasteiger partial charge in [0.25, 0.3) is 0 Å². The van der Waals surface area contributed by atoms with Gasteiger partial charge in [-0.3, -0.25) is 4.98 Å². The van der Waals surface area contributed by atoms with Crippen LogP contribution in [0.15, 0.2) is 170 Å². The highest BCUT2D eigenvalue weighted by molar-refractivity contribution is 6.12. The van der Waals surface area contributed by atoms with E-state index in [-0.39, 0.29) is 5.41 Å². The molecule has 3 heterocycles. The molecule has 9 aromatic rings. The fourth-order valence-corrected chi connectivity index (χ4v) is 9.68. The normalized spacial score (nSPS) is 16.7. The smallest absolute Gasteiger partial charge is 0.0780 e. The summed E-state index contributed by atoms with van der Waals surface area (Å²) in [5, 5.41) is 3.76. The van der Waals surface area contributed by atoms with Crippen molar-refractivity contribution in [2.24, 2.45) is 0 Å². The van der Waals surface area contributed by atoms with Crippen molar-refractivity contribution in [3.05, 3.63) is 203 Å². The van der Waals surface area contributed by atoms with Gasteiger partial charge in [-0.25, -0.2) is 0 Å². The SMILES string of the molecule is CC1(C)c2ccccc2C2(c3ccccc3-n3c4ccccc4c4cccc2c43)c2ccc(-c3ccc(-c4cccc5cccnc45)cc3)cc21. The standard InChI is InChI=1S/C49H34N2/c1-48(2)38-17-4-5-18-39(38)49(41-19-6-8-22-45(41)51-44-21-7-3-14-36(44)37-16-10-20-42(49)47(37)51)40-28-27-34(30-43(40)48)31-23-25-32(26-24-31)35-15-9-12-33-13-11-29-50-46(33)35/h3-30H,1-2H3. The summed E-state index contributed by atoms with van der Waals surface area (Å²) in [5.74, 6) is 0. The van der Waals surface area contributed by atoms with E-state index in [1.807, 2.05) is 12.3 Å². The summed E-state index contributed by atoms with van der Waals surface area (Å²) < 4.78 is 2.52. The molecule has 2 nitrogen and oxygen atoms in total. The van der Waals surface area contributed by atoms with Gasteiger partial charge in [0.1, 0.15) is 0 Å². The zero-order chi connectivity index (χ0) is 33.9. The van der Waals surface area contributed by atoms with Crippen LogP contribution in [0.25, 0.3) is 60.6 Å². The van der Waals surface area contributed by atoms with E-state index in [2.05, 4.69) is 176 Å². The lowest BCUT2D eigenvalue weighted by Gasteiger charge is -2.50. The van der Waals surface area contributed by atoms with Crippen molar-refractivity contribution < 1.29 is 0 Å². The number of rotatable bonds is 2. The quantitative estimate of drug-likeness (QED) is 0.182. The van der Waals surface area contributed by atoms with E-state index in [0.717, 1.165) is 16.5 Å². The number of fused-ring (bicyclic) bond motifs is 12. The van der Waals surface area contributed by atoms with Gasteiger partial charge in [0.15, 0.2) is 0 Å². The van der Waals surface area contributed by atoms with Gasteiger partial charge in [-0.1, -0.05) is 153 Å². The molecule has 1 aliphatic heterocycles. The third kappa shape index (κ3) is 3.64. The van der Waals surface area contributed by atoms with Gasteiger partial charge in [0, 0.05) is 33.3 Å². The first-order valence-corrected chi connectivity index (χ1v) is 17.9. The lowest BCUT2D eigenvalue weighted by atomic mass is 9.53. The van der Waals surface area contributed by atoms with E-state index >= 15 is 0 Å². The van der Waals surface area contributed by atoms with Crippen molar-refractivity contribution in [2.75, 3.05) is 0 Å². The molecule has 0 radical (unpaired) electrons. The third-order valence-electron chi connectivity index (χ3n) is 11.9. The predicted octanol–water partition coefficient (Wildman–Crippen LogP) is 12.0. The fraction of sp³-hybridized carbons (Fsp3) is 0.0816. The Morgan fingerprint density at radius 2 is 1.12 bits per heavy atom. The average Bonchev–Trinajstić information content (AvgIpc) is 3.53. The van der Waals surface area contributed by atoms with E-state index in [0.29, 0.717) is 0 Å². The summed E-state index contributed by atoms with van der Waals surface area (Å²) in [5.41, 5.74) is 17.1. The molecule has 0 saturated heterocycles. The topological polar surface area (TPSA) is 17.8 Å². The zero-order valence-electron chi connectivity index (χ0n) is 28.6. The Morgan fingerprint density at radius 3 is 2.00 bits per heavy atom. The Hall–Kier alpha value is -6.25. The van der Waals surface area contributed by atoms with E-state index in [1.54, 1.807) is 0 Å². The molecule has 0 amide bonds. The monoisotopic (exact) mass is 650 g/mol. The van der Waals surface area contributed by atoms with Crippen LogP contribution in [0.1, 0.15) is 47.2 Å². The molecule has 0 fully saturated rings. The van der Waals surface area contributed by atoms with Crippen LogP contribution in [-0.2, 0) is 10.8 Å². The summed E-state index contributed by atoms with van der Waals surface area (Å²) in [6, 6.07) is 61.0. The first-order chi connectivity index (χ1) is 25.1. The molecular weight excluding hydrogens is 617 g/mol. The number of nitrogens with zero attached hydrogens (tertiary/aromatic N) is 2. The first-order valence-electron chi connectivity index (χ1n) is 17.9. The average molecular weight is 651 g/mol. The van der Waals surface area contributed by atoms with Crippen LogP contribution in [0.5, 0.6) is 0 Å². The van der Waals surface area contributed by atoms with Crippen molar-refractivity contribution in [3.8, 4) is 27.9 Å². The molecule has 240 valence electrons. The van der Waals surface area contributed by atoms with Crippen LogP contribution < -0.4 is 0 Å². The molecule has 0 bridgehead atoms. The minimum atomic E-state index is -0.480. The molecule has 7 aromatic carbocycles. The maximum absolute atomic E-state index is 4.72. The maximum Gasteiger partial charge on any atom is 0.0780 e. The molecule has 0 saturated carbocycles. The summed E-state index contributed by atoms with van der Waals surface area (Å²) >= 11 is 0. The van der Waals surface area contributed by atoms with Gasteiger partial charge in [-0.05, 0) is 74.3 Å². The molecule has 0 N–H and O–H groups in total. The summed E-state index contributed by atoms with van der Waals surface area (Å²) in [6.07, 6.45) is 1.88. The third-order valence-corrected chi connectivity index (χ3v) is 11.9. The van der Waals surface area contributed by atoms with Gasteiger partial charge in [0.2, 0.25) is 0 Å². The molecule has 1 unspecified atom stereocenters. The fourth-order valence-electron chi connectivity index (χ4n) is 9.68. The zero-order valence-corrected chi connectivity index (χ0v) is 28.6. The highest BCUT2D eigenvalue weighted by Crippen LogP contribution is 2.60. The van der Waals surface area contributed by atoms with Crippen LogP contribution in [0, 0.1) is 0 Å². The van der Waals surface area contributed by atoms with Crippen molar-refractivity contribution in [1.29, 1.82) is 0 Å². The Bertz CT molecular complexity index is 2880. The molecule has 2 heteroatoms. The molecule has 2 aromatic heterocycles.